The summed E-state index contributed by atoms with van der Waals surface area (Å²) in [7, 11) is 0. The molecule has 1 unspecified atom stereocenters. The Morgan fingerprint density at radius 3 is 2.42 bits per heavy atom. The summed E-state index contributed by atoms with van der Waals surface area (Å²) in [4.78, 5) is 4.52. The molecule has 0 spiro atoms. The number of aromatic nitrogens is 1. The quantitative estimate of drug-likeness (QED) is 0.666. The summed E-state index contributed by atoms with van der Waals surface area (Å²) in [5.74, 6) is 5.74. The van der Waals surface area contributed by atoms with Crippen molar-refractivity contribution in [3.8, 4) is 0 Å². The maximum absolute atomic E-state index is 5.74. The molecule has 0 fully saturated rings. The highest BCUT2D eigenvalue weighted by Gasteiger charge is 2.15. The van der Waals surface area contributed by atoms with E-state index in [0.29, 0.717) is 0 Å². The minimum Gasteiger partial charge on any atom is -0.271 e. The number of aryl methyl sites for hydroxylation is 4. The molecule has 1 aromatic carbocycles. The average Bonchev–Trinajstić information content (AvgIpc) is 2.77. The van der Waals surface area contributed by atoms with Crippen LogP contribution in [0.5, 0.6) is 0 Å². The summed E-state index contributed by atoms with van der Waals surface area (Å²) in [6, 6.07) is 4.57. The first-order valence-electron chi connectivity index (χ1n) is 6.46. The zero-order valence-electron chi connectivity index (χ0n) is 11.9. The highest BCUT2D eigenvalue weighted by Crippen LogP contribution is 2.24. The van der Waals surface area contributed by atoms with Crippen molar-refractivity contribution in [2.24, 2.45) is 5.84 Å². The molecule has 0 aliphatic heterocycles. The Kier molecular flexibility index (Phi) is 4.34. The molecule has 1 atom stereocenters. The van der Waals surface area contributed by atoms with Gasteiger partial charge in [-0.15, -0.1) is 11.3 Å². The maximum atomic E-state index is 5.74. The van der Waals surface area contributed by atoms with E-state index in [0.717, 1.165) is 17.1 Å². The number of benzene rings is 1. The zero-order valence-corrected chi connectivity index (χ0v) is 12.8. The van der Waals surface area contributed by atoms with Crippen molar-refractivity contribution in [2.75, 3.05) is 0 Å². The molecule has 2 aromatic rings. The van der Waals surface area contributed by atoms with E-state index >= 15 is 0 Å². The zero-order chi connectivity index (χ0) is 14.0. The van der Waals surface area contributed by atoms with Crippen LogP contribution in [-0.4, -0.2) is 4.98 Å². The van der Waals surface area contributed by atoms with E-state index in [9.17, 15) is 0 Å². The Bertz CT molecular complexity index is 575. The number of nitrogens with zero attached hydrogens (tertiary/aromatic N) is 1. The fraction of sp³-hybridized carbons (Fsp3) is 0.400. The molecule has 0 aliphatic carbocycles. The summed E-state index contributed by atoms with van der Waals surface area (Å²) in [6.45, 7) is 8.44. The van der Waals surface area contributed by atoms with Crippen LogP contribution < -0.4 is 11.3 Å². The van der Waals surface area contributed by atoms with E-state index in [-0.39, 0.29) is 6.04 Å². The van der Waals surface area contributed by atoms with Crippen LogP contribution in [0.3, 0.4) is 0 Å². The van der Waals surface area contributed by atoms with Gasteiger partial charge >= 0.3 is 0 Å². The maximum Gasteiger partial charge on any atom is 0.0897 e. The molecule has 0 radical (unpaired) electrons. The molecule has 19 heavy (non-hydrogen) atoms. The van der Waals surface area contributed by atoms with Gasteiger partial charge in [0.05, 0.1) is 16.7 Å². The first-order valence-corrected chi connectivity index (χ1v) is 7.34. The minimum atomic E-state index is 0.112. The second kappa shape index (κ2) is 5.82. The van der Waals surface area contributed by atoms with Gasteiger partial charge in [-0.2, -0.15) is 0 Å². The van der Waals surface area contributed by atoms with Gasteiger partial charge in [0, 0.05) is 11.8 Å². The van der Waals surface area contributed by atoms with Gasteiger partial charge in [0.25, 0.3) is 0 Å². The van der Waals surface area contributed by atoms with Gasteiger partial charge in [-0.05, 0) is 49.9 Å². The molecule has 0 bridgehead atoms. The summed E-state index contributed by atoms with van der Waals surface area (Å²) in [6.07, 6.45) is 0.824. The summed E-state index contributed by atoms with van der Waals surface area (Å²) >= 11 is 1.68. The topological polar surface area (TPSA) is 50.9 Å². The fourth-order valence-corrected chi connectivity index (χ4v) is 2.95. The van der Waals surface area contributed by atoms with Crippen LogP contribution in [0.15, 0.2) is 17.5 Å². The smallest absolute Gasteiger partial charge is 0.0897 e. The molecule has 3 nitrogen and oxygen atoms in total. The Hall–Kier alpha value is -1.23. The van der Waals surface area contributed by atoms with Gasteiger partial charge in [-0.25, -0.2) is 4.98 Å². The largest absolute Gasteiger partial charge is 0.271 e. The van der Waals surface area contributed by atoms with E-state index in [1.54, 1.807) is 11.3 Å². The van der Waals surface area contributed by atoms with Gasteiger partial charge < -0.3 is 0 Å². The number of hydrazine groups is 1. The third-order valence-corrected chi connectivity index (χ3v) is 4.36. The second-order valence-corrected chi connectivity index (χ2v) is 6.14. The minimum absolute atomic E-state index is 0.112. The lowest BCUT2D eigenvalue weighted by molar-refractivity contribution is 0.544. The summed E-state index contributed by atoms with van der Waals surface area (Å²) in [5.41, 5.74) is 9.19. The number of hydrogen-bond donors (Lipinski definition) is 2. The van der Waals surface area contributed by atoms with Crippen molar-refractivity contribution in [3.63, 3.8) is 0 Å². The molecular weight excluding hydrogens is 254 g/mol. The molecule has 4 heteroatoms. The van der Waals surface area contributed by atoms with E-state index in [2.05, 4.69) is 48.7 Å². The van der Waals surface area contributed by atoms with Crippen LogP contribution in [0, 0.1) is 27.7 Å². The first-order chi connectivity index (χ1) is 9.01. The first kappa shape index (κ1) is 14.2. The molecule has 2 rings (SSSR count). The lowest BCUT2D eigenvalue weighted by atomic mass is 9.94. The third kappa shape index (κ3) is 3.21. The van der Waals surface area contributed by atoms with E-state index in [1.807, 2.05) is 6.92 Å². The number of nitrogens with two attached hydrogens (primary N) is 1. The second-order valence-electron chi connectivity index (χ2n) is 5.07. The van der Waals surface area contributed by atoms with Crippen molar-refractivity contribution >= 4 is 11.3 Å². The Morgan fingerprint density at radius 2 is 1.84 bits per heavy atom. The Balaban J connectivity index is 2.29. The molecule has 3 N–H and O–H groups in total. The molecular formula is C15H21N3S. The normalized spacial score (nSPS) is 12.7. The SMILES string of the molecule is Cc1nc(CC(NN)c2cc(C)c(C)cc2C)cs1. The highest BCUT2D eigenvalue weighted by atomic mass is 32.1. The van der Waals surface area contributed by atoms with E-state index < -0.39 is 0 Å². The van der Waals surface area contributed by atoms with Crippen molar-refractivity contribution in [1.82, 2.24) is 10.4 Å². The molecule has 0 amide bonds. The third-order valence-electron chi connectivity index (χ3n) is 3.54. The van der Waals surface area contributed by atoms with E-state index in [4.69, 9.17) is 5.84 Å². The monoisotopic (exact) mass is 275 g/mol. The van der Waals surface area contributed by atoms with Crippen LogP contribution in [0.4, 0.5) is 0 Å². The Labute approximate surface area is 118 Å². The predicted octanol–water partition coefficient (Wildman–Crippen LogP) is 3.12. The predicted molar refractivity (Wildman–Crippen MR) is 81.3 cm³/mol. The molecule has 1 heterocycles. The van der Waals surface area contributed by atoms with Crippen LogP contribution in [0.1, 0.15) is 39.0 Å². The Morgan fingerprint density at radius 1 is 1.16 bits per heavy atom. The summed E-state index contributed by atoms with van der Waals surface area (Å²) in [5, 5.41) is 3.21. The molecule has 0 aliphatic rings. The lowest BCUT2D eigenvalue weighted by Crippen LogP contribution is -2.30. The van der Waals surface area contributed by atoms with Gasteiger partial charge in [0.15, 0.2) is 0 Å². The molecule has 0 saturated heterocycles. The molecule has 0 saturated carbocycles. The van der Waals surface area contributed by atoms with Crippen molar-refractivity contribution in [1.29, 1.82) is 0 Å². The van der Waals surface area contributed by atoms with Crippen molar-refractivity contribution < 1.29 is 0 Å². The summed E-state index contributed by atoms with van der Waals surface area (Å²) < 4.78 is 0. The average molecular weight is 275 g/mol. The molecule has 102 valence electrons. The van der Waals surface area contributed by atoms with Gasteiger partial charge in [0.2, 0.25) is 0 Å². The van der Waals surface area contributed by atoms with Crippen LogP contribution in [0.2, 0.25) is 0 Å². The van der Waals surface area contributed by atoms with Crippen molar-refractivity contribution in [3.05, 3.63) is 50.5 Å². The van der Waals surface area contributed by atoms with Crippen LogP contribution in [0.25, 0.3) is 0 Å². The van der Waals surface area contributed by atoms with Gasteiger partial charge in [0.1, 0.15) is 0 Å². The van der Waals surface area contributed by atoms with Gasteiger partial charge in [-0.3, -0.25) is 11.3 Å². The highest BCUT2D eigenvalue weighted by molar-refractivity contribution is 7.09. The standard InChI is InChI=1S/C15H21N3S/c1-9-5-11(3)14(6-10(9)2)15(18-16)7-13-8-19-12(4)17-13/h5-6,8,15,18H,7,16H2,1-4H3. The fourth-order valence-electron chi connectivity index (χ4n) is 2.33. The van der Waals surface area contributed by atoms with Gasteiger partial charge in [-0.1, -0.05) is 12.1 Å². The molecule has 1 aromatic heterocycles. The lowest BCUT2D eigenvalue weighted by Gasteiger charge is -2.19. The number of thiazole rings is 1. The number of hydrogen-bond acceptors (Lipinski definition) is 4. The van der Waals surface area contributed by atoms with Crippen molar-refractivity contribution in [2.45, 2.75) is 40.2 Å². The number of rotatable bonds is 4. The van der Waals surface area contributed by atoms with Crippen LogP contribution >= 0.6 is 11.3 Å². The van der Waals surface area contributed by atoms with Crippen LogP contribution in [-0.2, 0) is 6.42 Å². The number of nitrogens with one attached hydrogen (secondary N) is 1. The van der Waals surface area contributed by atoms with E-state index in [1.165, 1.54) is 22.3 Å².